The summed E-state index contributed by atoms with van der Waals surface area (Å²) < 4.78 is 11.6. The van der Waals surface area contributed by atoms with E-state index in [1.54, 1.807) is 0 Å². The number of aliphatic hydroxyl groups is 1. The summed E-state index contributed by atoms with van der Waals surface area (Å²) in [4.78, 5) is 24.7. The Morgan fingerprint density at radius 1 is 1.61 bits per heavy atom. The predicted molar refractivity (Wildman–Crippen MR) is 62.1 cm³/mol. The fourth-order valence-corrected chi connectivity index (χ4v) is 1.74. The van der Waals surface area contributed by atoms with Crippen molar-refractivity contribution in [2.75, 3.05) is 7.11 Å². The van der Waals surface area contributed by atoms with Gasteiger partial charge in [-0.15, -0.1) is 0 Å². The third-order valence-electron chi connectivity index (χ3n) is 2.59. The number of H-pyrrole nitrogens is 1. The molecule has 0 bridgehead atoms. The highest BCUT2D eigenvalue weighted by atomic mass is 16.6. The maximum Gasteiger partial charge on any atom is 0.331 e. The zero-order valence-electron chi connectivity index (χ0n) is 9.62. The molecule has 96 valence electrons. The number of aromatic nitrogens is 2. The molecule has 2 atom stereocenters. The Hall–Kier alpha value is -2.28. The van der Waals surface area contributed by atoms with Crippen LogP contribution in [0.2, 0.25) is 0 Å². The van der Waals surface area contributed by atoms with Crippen molar-refractivity contribution in [3.05, 3.63) is 57.3 Å². The van der Waals surface area contributed by atoms with E-state index < -0.39 is 23.6 Å². The number of nitrogens with zero attached hydrogens (tertiary/aromatic N) is 1. The molecule has 1 unspecified atom stereocenters. The van der Waals surface area contributed by atoms with E-state index in [2.05, 4.69) is 11.6 Å². The number of rotatable bonds is 3. The van der Waals surface area contributed by atoms with Gasteiger partial charge in [-0.3, -0.25) is 14.3 Å². The molecule has 0 radical (unpaired) electrons. The molecule has 7 heteroatoms. The summed E-state index contributed by atoms with van der Waals surface area (Å²) in [7, 11) is 1.37. The van der Waals surface area contributed by atoms with E-state index in [0.717, 1.165) is 4.57 Å². The van der Waals surface area contributed by atoms with Gasteiger partial charge in [-0.05, 0) is 6.08 Å². The van der Waals surface area contributed by atoms with E-state index in [0.29, 0.717) is 0 Å². The van der Waals surface area contributed by atoms with Crippen molar-refractivity contribution in [1.82, 2.24) is 9.55 Å². The Kier molecular flexibility index (Phi) is 3.07. The van der Waals surface area contributed by atoms with E-state index >= 15 is 0 Å². The van der Waals surface area contributed by atoms with Crippen LogP contribution in [0.15, 0.2) is 46.0 Å². The second-order valence-electron chi connectivity index (χ2n) is 3.64. The summed E-state index contributed by atoms with van der Waals surface area (Å²) in [5, 5.41) is 9.80. The van der Waals surface area contributed by atoms with Crippen LogP contribution in [0.3, 0.4) is 0 Å². The Bertz CT molecular complexity index is 612. The largest absolute Gasteiger partial charge is 0.506 e. The van der Waals surface area contributed by atoms with Crippen molar-refractivity contribution >= 4 is 0 Å². The first kappa shape index (κ1) is 12.2. The summed E-state index contributed by atoms with van der Waals surface area (Å²) >= 11 is 0. The lowest BCUT2D eigenvalue weighted by Gasteiger charge is -2.19. The van der Waals surface area contributed by atoms with Gasteiger partial charge in [-0.1, -0.05) is 6.58 Å². The number of methoxy groups -OCH3 is 1. The monoisotopic (exact) mass is 252 g/mol. The van der Waals surface area contributed by atoms with Crippen molar-refractivity contribution in [1.29, 1.82) is 0 Å². The minimum atomic E-state index is -0.882. The molecule has 1 aliphatic heterocycles. The number of hydrogen-bond donors (Lipinski definition) is 2. The molecule has 0 amide bonds. The lowest BCUT2D eigenvalue weighted by molar-refractivity contribution is -0.0313. The van der Waals surface area contributed by atoms with Crippen LogP contribution in [0.25, 0.3) is 0 Å². The first-order chi connectivity index (χ1) is 8.58. The Labute approximate surface area is 102 Å². The molecule has 18 heavy (non-hydrogen) atoms. The third kappa shape index (κ3) is 1.84. The molecule has 0 aliphatic carbocycles. The molecular weight excluding hydrogens is 240 g/mol. The van der Waals surface area contributed by atoms with Gasteiger partial charge in [-0.25, -0.2) is 4.79 Å². The molecule has 2 heterocycles. The number of hydrogen-bond acceptors (Lipinski definition) is 5. The summed E-state index contributed by atoms with van der Waals surface area (Å²) in [6.45, 7) is 3.48. The number of aromatic amines is 1. The maximum absolute atomic E-state index is 11.6. The molecule has 2 N–H and O–H groups in total. The zero-order chi connectivity index (χ0) is 13.3. The molecule has 1 aromatic rings. The van der Waals surface area contributed by atoms with Crippen LogP contribution < -0.4 is 11.2 Å². The minimum Gasteiger partial charge on any atom is -0.506 e. The van der Waals surface area contributed by atoms with Gasteiger partial charge in [0.05, 0.1) is 0 Å². The van der Waals surface area contributed by atoms with Gasteiger partial charge in [-0.2, -0.15) is 0 Å². The van der Waals surface area contributed by atoms with E-state index in [-0.39, 0.29) is 11.5 Å². The number of aliphatic hydroxyl groups excluding tert-OH is 1. The van der Waals surface area contributed by atoms with Gasteiger partial charge in [0.15, 0.2) is 17.6 Å². The lowest BCUT2D eigenvalue weighted by atomic mass is 10.2. The summed E-state index contributed by atoms with van der Waals surface area (Å²) in [6, 6.07) is 1.18. The first-order valence-electron chi connectivity index (χ1n) is 5.15. The van der Waals surface area contributed by atoms with Crippen molar-refractivity contribution < 1.29 is 14.6 Å². The zero-order valence-corrected chi connectivity index (χ0v) is 9.62. The normalized spacial score (nSPS) is 22.9. The van der Waals surface area contributed by atoms with Crippen LogP contribution >= 0.6 is 0 Å². The van der Waals surface area contributed by atoms with E-state index in [9.17, 15) is 14.7 Å². The SMILES string of the molecule is C=CC1=C(O)C(OC)[C@H](n2ccc(=O)[nH]c2=O)O1. The lowest BCUT2D eigenvalue weighted by Crippen LogP contribution is -2.36. The van der Waals surface area contributed by atoms with Crippen molar-refractivity contribution in [2.24, 2.45) is 0 Å². The number of ether oxygens (including phenoxy) is 2. The smallest absolute Gasteiger partial charge is 0.331 e. The van der Waals surface area contributed by atoms with E-state index in [1.165, 1.54) is 25.4 Å². The molecule has 2 rings (SSSR count). The second kappa shape index (κ2) is 4.53. The van der Waals surface area contributed by atoms with Gasteiger partial charge in [0.25, 0.3) is 5.56 Å². The van der Waals surface area contributed by atoms with Gasteiger partial charge < -0.3 is 14.6 Å². The molecular formula is C11H12N2O5. The topological polar surface area (TPSA) is 93.5 Å². The Balaban J connectivity index is 2.44. The maximum atomic E-state index is 11.6. The molecule has 0 saturated carbocycles. The molecule has 1 aliphatic rings. The molecule has 0 spiro atoms. The van der Waals surface area contributed by atoms with Crippen LogP contribution in [0.5, 0.6) is 0 Å². The van der Waals surface area contributed by atoms with Gasteiger partial charge in [0.2, 0.25) is 6.23 Å². The number of allylic oxidation sites excluding steroid dienone is 1. The fraction of sp³-hybridized carbons (Fsp3) is 0.273. The summed E-state index contributed by atoms with van der Waals surface area (Å²) in [5.41, 5.74) is -1.16. The standard InChI is InChI=1S/C11H12N2O5/c1-3-6-8(15)9(17-2)10(18-6)13-5-4-7(14)12-11(13)16/h3-5,9-10,15H,1H2,2H3,(H,12,14,16)/t9?,10-/m1/s1. The quantitative estimate of drug-likeness (QED) is 0.792. The molecule has 7 nitrogen and oxygen atoms in total. The van der Waals surface area contributed by atoms with Crippen molar-refractivity contribution in [3.8, 4) is 0 Å². The Morgan fingerprint density at radius 2 is 2.33 bits per heavy atom. The van der Waals surface area contributed by atoms with Crippen molar-refractivity contribution in [3.63, 3.8) is 0 Å². The van der Waals surface area contributed by atoms with E-state index in [1.807, 2.05) is 0 Å². The van der Waals surface area contributed by atoms with Gasteiger partial charge in [0.1, 0.15) is 0 Å². The molecule has 0 saturated heterocycles. The highest BCUT2D eigenvalue weighted by molar-refractivity contribution is 5.22. The Morgan fingerprint density at radius 3 is 2.89 bits per heavy atom. The summed E-state index contributed by atoms with van der Waals surface area (Å²) in [5.74, 6) is 0.000509. The van der Waals surface area contributed by atoms with Crippen LogP contribution in [0.1, 0.15) is 6.23 Å². The number of nitrogens with one attached hydrogen (secondary N) is 1. The highest BCUT2D eigenvalue weighted by Gasteiger charge is 2.38. The van der Waals surface area contributed by atoms with Crippen molar-refractivity contribution in [2.45, 2.75) is 12.3 Å². The molecule has 0 fully saturated rings. The van der Waals surface area contributed by atoms with Crippen LogP contribution in [0.4, 0.5) is 0 Å². The average Bonchev–Trinajstić information content (AvgIpc) is 2.65. The van der Waals surface area contributed by atoms with Gasteiger partial charge in [0, 0.05) is 19.4 Å². The summed E-state index contributed by atoms with van der Waals surface area (Å²) in [6.07, 6.45) is 0.879. The van der Waals surface area contributed by atoms with Crippen LogP contribution in [0, 0.1) is 0 Å². The first-order valence-corrected chi connectivity index (χ1v) is 5.15. The highest BCUT2D eigenvalue weighted by Crippen LogP contribution is 2.32. The van der Waals surface area contributed by atoms with Crippen LogP contribution in [-0.2, 0) is 9.47 Å². The minimum absolute atomic E-state index is 0.143. The van der Waals surface area contributed by atoms with Gasteiger partial charge >= 0.3 is 5.69 Å². The third-order valence-corrected chi connectivity index (χ3v) is 2.59. The fourth-order valence-electron chi connectivity index (χ4n) is 1.74. The second-order valence-corrected chi connectivity index (χ2v) is 3.64. The molecule has 0 aromatic carbocycles. The average molecular weight is 252 g/mol. The van der Waals surface area contributed by atoms with Crippen LogP contribution in [-0.4, -0.2) is 27.9 Å². The van der Waals surface area contributed by atoms with E-state index in [4.69, 9.17) is 9.47 Å². The molecule has 1 aromatic heterocycles. The predicted octanol–water partition coefficient (Wildman–Crippen LogP) is 0.0360.